The lowest BCUT2D eigenvalue weighted by atomic mass is 9.79. The third kappa shape index (κ3) is 4.30. The number of hydrogen-bond donors (Lipinski definition) is 2. The van der Waals surface area contributed by atoms with Gasteiger partial charge in [0.25, 0.3) is 0 Å². The van der Waals surface area contributed by atoms with E-state index in [0.29, 0.717) is 18.5 Å². The fraction of sp³-hybridized carbons (Fsp3) is 0.467. The van der Waals surface area contributed by atoms with Gasteiger partial charge in [0.2, 0.25) is 5.91 Å². The number of benzene rings is 1. The van der Waals surface area contributed by atoms with E-state index in [0.717, 1.165) is 14.5 Å². The summed E-state index contributed by atoms with van der Waals surface area (Å²) in [5.74, 6) is -1.23. The molecule has 1 aromatic rings. The second-order valence-electron chi connectivity index (χ2n) is 5.12. The first kappa shape index (κ1) is 18.2. The molecule has 0 bridgehead atoms. The second-order valence-corrected chi connectivity index (χ2v) is 6.83. The molecule has 1 amide bonds. The van der Waals surface area contributed by atoms with Gasteiger partial charge in [-0.3, -0.25) is 9.59 Å². The quantitative estimate of drug-likeness (QED) is 0.698. The average Bonchev–Trinajstić information content (AvgIpc) is 2.40. The third-order valence-electron chi connectivity index (χ3n) is 3.76. The number of carboxylic acid groups (broad SMARTS) is 1. The molecule has 0 radical (unpaired) electrons. The minimum Gasteiger partial charge on any atom is -0.481 e. The number of amides is 1. The molecular formula is C15H19Br2NO3. The minimum absolute atomic E-state index is 0.0396. The van der Waals surface area contributed by atoms with Crippen LogP contribution in [0.3, 0.4) is 0 Å². The van der Waals surface area contributed by atoms with Crippen LogP contribution < -0.4 is 5.32 Å². The van der Waals surface area contributed by atoms with Crippen molar-refractivity contribution in [2.24, 2.45) is 5.41 Å². The molecule has 0 aliphatic rings. The Bertz CT molecular complexity index is 531. The molecule has 6 heteroatoms. The van der Waals surface area contributed by atoms with Crippen molar-refractivity contribution in [3.8, 4) is 0 Å². The molecule has 0 saturated carbocycles. The van der Waals surface area contributed by atoms with Crippen molar-refractivity contribution in [1.82, 2.24) is 0 Å². The molecular weight excluding hydrogens is 402 g/mol. The Balaban J connectivity index is 2.95. The molecule has 0 aromatic heterocycles. The summed E-state index contributed by atoms with van der Waals surface area (Å²) in [6, 6.07) is 3.79. The van der Waals surface area contributed by atoms with Crippen molar-refractivity contribution in [2.75, 3.05) is 5.32 Å². The molecule has 0 saturated heterocycles. The highest BCUT2D eigenvalue weighted by Crippen LogP contribution is 2.35. The number of aliphatic carboxylic acids is 1. The average molecular weight is 421 g/mol. The van der Waals surface area contributed by atoms with E-state index in [-0.39, 0.29) is 12.3 Å². The number of carboxylic acids is 1. The summed E-state index contributed by atoms with van der Waals surface area (Å²) in [5.41, 5.74) is 0.666. The molecule has 0 aliphatic heterocycles. The van der Waals surface area contributed by atoms with Gasteiger partial charge in [-0.05, 0) is 69.3 Å². The number of halogens is 2. The van der Waals surface area contributed by atoms with Crippen molar-refractivity contribution in [2.45, 2.75) is 40.0 Å². The zero-order valence-corrected chi connectivity index (χ0v) is 15.5. The Morgan fingerprint density at radius 2 is 1.67 bits per heavy atom. The van der Waals surface area contributed by atoms with Crippen LogP contribution >= 0.6 is 31.9 Å². The Hall–Kier alpha value is -0.880. The lowest BCUT2D eigenvalue weighted by Gasteiger charge is -2.26. The van der Waals surface area contributed by atoms with Gasteiger partial charge < -0.3 is 10.4 Å². The summed E-state index contributed by atoms with van der Waals surface area (Å²) in [6.07, 6.45) is 0.799. The molecule has 4 nitrogen and oxygen atoms in total. The maximum atomic E-state index is 12.2. The van der Waals surface area contributed by atoms with Gasteiger partial charge in [-0.25, -0.2) is 0 Å². The van der Waals surface area contributed by atoms with Gasteiger partial charge >= 0.3 is 5.97 Å². The van der Waals surface area contributed by atoms with Gasteiger partial charge in [-0.1, -0.05) is 13.8 Å². The first-order chi connectivity index (χ1) is 9.75. The number of carbonyl (C=O) groups excluding carboxylic acids is 1. The second kappa shape index (κ2) is 7.40. The highest BCUT2D eigenvalue weighted by molar-refractivity contribution is 9.11. The Morgan fingerprint density at radius 3 is 2.05 bits per heavy atom. The van der Waals surface area contributed by atoms with Gasteiger partial charge in [0.15, 0.2) is 0 Å². The van der Waals surface area contributed by atoms with Gasteiger partial charge in [-0.15, -0.1) is 0 Å². The van der Waals surface area contributed by atoms with Crippen molar-refractivity contribution in [3.05, 3.63) is 26.6 Å². The number of rotatable bonds is 6. The SMILES string of the molecule is CCC(CC)(CC(=O)Nc1c(Br)cc(C)cc1Br)C(=O)O. The summed E-state index contributed by atoms with van der Waals surface area (Å²) >= 11 is 6.82. The number of nitrogens with one attached hydrogen (secondary N) is 1. The van der Waals surface area contributed by atoms with E-state index in [2.05, 4.69) is 37.2 Å². The summed E-state index contributed by atoms with van der Waals surface area (Å²) in [5, 5.41) is 12.2. The van der Waals surface area contributed by atoms with E-state index in [4.69, 9.17) is 0 Å². The van der Waals surface area contributed by atoms with E-state index >= 15 is 0 Å². The highest BCUT2D eigenvalue weighted by Gasteiger charge is 2.37. The standard InChI is InChI=1S/C15H19Br2NO3/c1-4-15(5-2,14(20)21)8-12(19)18-13-10(16)6-9(3)7-11(13)17/h6-7H,4-5,8H2,1-3H3,(H,18,19)(H,20,21). The smallest absolute Gasteiger partial charge is 0.310 e. The third-order valence-corrected chi connectivity index (χ3v) is 5.01. The summed E-state index contributed by atoms with van der Waals surface area (Å²) in [4.78, 5) is 23.7. The molecule has 1 aromatic carbocycles. The molecule has 2 N–H and O–H groups in total. The predicted molar refractivity (Wildman–Crippen MR) is 90.5 cm³/mol. The van der Waals surface area contributed by atoms with Gasteiger partial charge in [0, 0.05) is 15.4 Å². The van der Waals surface area contributed by atoms with Gasteiger partial charge in [0.05, 0.1) is 11.1 Å². The summed E-state index contributed by atoms with van der Waals surface area (Å²) < 4.78 is 1.52. The first-order valence-corrected chi connectivity index (χ1v) is 8.33. The number of hydrogen-bond acceptors (Lipinski definition) is 2. The van der Waals surface area contributed by atoms with E-state index in [1.54, 1.807) is 13.8 Å². The van der Waals surface area contributed by atoms with Gasteiger partial charge in [0.1, 0.15) is 0 Å². The molecule has 0 aliphatic carbocycles. The van der Waals surface area contributed by atoms with Crippen molar-refractivity contribution >= 4 is 49.4 Å². The van der Waals surface area contributed by atoms with E-state index in [1.165, 1.54) is 0 Å². The van der Waals surface area contributed by atoms with Crippen LogP contribution in [0.2, 0.25) is 0 Å². The fourth-order valence-electron chi connectivity index (χ4n) is 2.19. The molecule has 0 heterocycles. The predicted octanol–water partition coefficient (Wildman–Crippen LogP) is 4.74. The maximum Gasteiger partial charge on any atom is 0.310 e. The van der Waals surface area contributed by atoms with Crippen LogP contribution in [0.5, 0.6) is 0 Å². The number of anilines is 1. The van der Waals surface area contributed by atoms with Crippen LogP contribution in [0.15, 0.2) is 21.1 Å². The molecule has 0 fully saturated rings. The van der Waals surface area contributed by atoms with E-state index < -0.39 is 11.4 Å². The Kier molecular flexibility index (Phi) is 6.41. The lowest BCUT2D eigenvalue weighted by Crippen LogP contribution is -2.34. The van der Waals surface area contributed by atoms with Crippen LogP contribution in [0, 0.1) is 12.3 Å². The fourth-order valence-corrected chi connectivity index (χ4v) is 3.80. The van der Waals surface area contributed by atoms with Crippen LogP contribution in [0.25, 0.3) is 0 Å². The van der Waals surface area contributed by atoms with Crippen LogP contribution in [0.4, 0.5) is 5.69 Å². The topological polar surface area (TPSA) is 66.4 Å². The maximum absolute atomic E-state index is 12.2. The highest BCUT2D eigenvalue weighted by atomic mass is 79.9. The zero-order chi connectivity index (χ0) is 16.2. The normalized spacial score (nSPS) is 11.3. The van der Waals surface area contributed by atoms with Crippen molar-refractivity contribution < 1.29 is 14.7 Å². The minimum atomic E-state index is -1.01. The van der Waals surface area contributed by atoms with Crippen LogP contribution in [-0.2, 0) is 9.59 Å². The summed E-state index contributed by atoms with van der Waals surface area (Å²) in [6.45, 7) is 5.54. The van der Waals surface area contributed by atoms with E-state index in [1.807, 2.05) is 19.1 Å². The molecule has 116 valence electrons. The number of carbonyl (C=O) groups is 2. The van der Waals surface area contributed by atoms with E-state index in [9.17, 15) is 14.7 Å². The molecule has 0 spiro atoms. The van der Waals surface area contributed by atoms with Crippen LogP contribution in [-0.4, -0.2) is 17.0 Å². The largest absolute Gasteiger partial charge is 0.481 e. The molecule has 21 heavy (non-hydrogen) atoms. The first-order valence-electron chi connectivity index (χ1n) is 6.74. The van der Waals surface area contributed by atoms with Crippen molar-refractivity contribution in [1.29, 1.82) is 0 Å². The molecule has 0 unspecified atom stereocenters. The Labute approximate surface area is 141 Å². The van der Waals surface area contributed by atoms with Gasteiger partial charge in [-0.2, -0.15) is 0 Å². The molecule has 0 atom stereocenters. The van der Waals surface area contributed by atoms with Crippen LogP contribution in [0.1, 0.15) is 38.7 Å². The molecule has 1 rings (SSSR count). The number of aryl methyl sites for hydroxylation is 1. The van der Waals surface area contributed by atoms with Crippen molar-refractivity contribution in [3.63, 3.8) is 0 Å². The summed E-state index contributed by atoms with van der Waals surface area (Å²) in [7, 11) is 0. The zero-order valence-electron chi connectivity index (χ0n) is 12.3. The Morgan fingerprint density at radius 1 is 1.19 bits per heavy atom. The lowest BCUT2D eigenvalue weighted by molar-refractivity contribution is -0.151. The monoisotopic (exact) mass is 419 g/mol.